The highest BCUT2D eigenvalue weighted by Crippen LogP contribution is 2.50. The van der Waals surface area contributed by atoms with Crippen molar-refractivity contribution in [2.45, 2.75) is 25.2 Å². The average molecular weight is 300 g/mol. The number of hydrogen-bond acceptors (Lipinski definition) is 4. The summed E-state index contributed by atoms with van der Waals surface area (Å²) in [6, 6.07) is 8.56. The van der Waals surface area contributed by atoms with Crippen molar-refractivity contribution >= 4 is 17.1 Å². The Morgan fingerprint density at radius 3 is 2.90 bits per heavy atom. The summed E-state index contributed by atoms with van der Waals surface area (Å²) in [5.74, 6) is -1.62. The molecular weight excluding hydrogens is 287 g/mol. The van der Waals surface area contributed by atoms with Gasteiger partial charge in [-0.05, 0) is 30.9 Å². The Kier molecular flexibility index (Phi) is 3.56. The summed E-state index contributed by atoms with van der Waals surface area (Å²) in [6.07, 6.45) is 0.613. The lowest BCUT2D eigenvalue weighted by atomic mass is 9.99. The van der Waals surface area contributed by atoms with Gasteiger partial charge in [-0.25, -0.2) is 9.37 Å². The SMILES string of the molecule is Cc1csc(C(C#N)C(=O)C2CC2c2ccccc2F)n1. The second-order valence-electron chi connectivity index (χ2n) is 5.26. The van der Waals surface area contributed by atoms with E-state index in [2.05, 4.69) is 4.98 Å². The third kappa shape index (κ3) is 2.59. The molecule has 3 atom stereocenters. The van der Waals surface area contributed by atoms with Gasteiger partial charge in [0.1, 0.15) is 10.8 Å². The molecule has 0 saturated heterocycles. The number of Topliss-reactive ketones (excluding diaryl/α,β-unsaturated/α-hetero) is 1. The predicted octanol–water partition coefficient (Wildman–Crippen LogP) is 3.57. The van der Waals surface area contributed by atoms with Crippen molar-refractivity contribution in [1.29, 1.82) is 5.26 Å². The van der Waals surface area contributed by atoms with Crippen molar-refractivity contribution in [3.05, 3.63) is 51.7 Å². The molecule has 3 unspecified atom stereocenters. The number of hydrogen-bond donors (Lipinski definition) is 0. The van der Waals surface area contributed by atoms with Crippen LogP contribution >= 0.6 is 11.3 Å². The van der Waals surface area contributed by atoms with Gasteiger partial charge in [0.2, 0.25) is 0 Å². The summed E-state index contributed by atoms with van der Waals surface area (Å²) in [6.45, 7) is 1.83. The Bertz CT molecular complexity index is 734. The molecule has 1 aromatic carbocycles. The van der Waals surface area contributed by atoms with Crippen LogP contribution in [0, 0.1) is 30.0 Å². The van der Waals surface area contributed by atoms with Gasteiger partial charge in [-0.2, -0.15) is 5.26 Å². The summed E-state index contributed by atoms with van der Waals surface area (Å²) in [5, 5.41) is 11.6. The maximum Gasteiger partial charge on any atom is 0.160 e. The number of carbonyl (C=O) groups is 1. The van der Waals surface area contributed by atoms with E-state index in [-0.39, 0.29) is 23.4 Å². The maximum atomic E-state index is 13.7. The molecule has 3 nitrogen and oxygen atoms in total. The molecule has 0 amide bonds. The zero-order valence-electron chi connectivity index (χ0n) is 11.4. The molecule has 1 aliphatic carbocycles. The Balaban J connectivity index is 1.78. The lowest BCUT2D eigenvalue weighted by Gasteiger charge is -2.05. The molecule has 1 aromatic heterocycles. The van der Waals surface area contributed by atoms with Gasteiger partial charge < -0.3 is 0 Å². The van der Waals surface area contributed by atoms with Crippen molar-refractivity contribution in [2.75, 3.05) is 0 Å². The van der Waals surface area contributed by atoms with E-state index in [0.717, 1.165) is 5.69 Å². The molecule has 1 aliphatic rings. The number of halogens is 1. The van der Waals surface area contributed by atoms with Crippen LogP contribution in [0.1, 0.15) is 34.5 Å². The molecular formula is C16H13FN2OS. The normalized spacial score (nSPS) is 21.6. The summed E-state index contributed by atoms with van der Waals surface area (Å²) >= 11 is 1.33. The zero-order chi connectivity index (χ0) is 15.0. The molecule has 1 heterocycles. The number of rotatable bonds is 4. The highest BCUT2D eigenvalue weighted by atomic mass is 32.1. The lowest BCUT2D eigenvalue weighted by Crippen LogP contribution is -2.13. The minimum Gasteiger partial charge on any atom is -0.297 e. The number of carbonyl (C=O) groups excluding carboxylic acids is 1. The van der Waals surface area contributed by atoms with E-state index in [1.807, 2.05) is 18.4 Å². The molecule has 106 valence electrons. The minimum absolute atomic E-state index is 0.101. The first-order valence-corrected chi connectivity index (χ1v) is 7.59. The number of aromatic nitrogens is 1. The molecule has 0 spiro atoms. The van der Waals surface area contributed by atoms with Gasteiger partial charge in [0.05, 0.1) is 6.07 Å². The average Bonchev–Trinajstić information content (AvgIpc) is 3.16. The van der Waals surface area contributed by atoms with Crippen molar-refractivity contribution in [3.63, 3.8) is 0 Å². The molecule has 3 rings (SSSR count). The third-order valence-electron chi connectivity index (χ3n) is 3.76. The second-order valence-corrected chi connectivity index (χ2v) is 6.15. The predicted molar refractivity (Wildman–Crippen MR) is 77.5 cm³/mol. The van der Waals surface area contributed by atoms with Gasteiger partial charge in [-0.3, -0.25) is 4.79 Å². The van der Waals surface area contributed by atoms with E-state index < -0.39 is 5.92 Å². The number of aryl methyl sites for hydroxylation is 1. The molecule has 21 heavy (non-hydrogen) atoms. The first kappa shape index (κ1) is 13.9. The first-order chi connectivity index (χ1) is 10.1. The summed E-state index contributed by atoms with van der Waals surface area (Å²) in [7, 11) is 0. The van der Waals surface area contributed by atoms with E-state index >= 15 is 0 Å². The van der Waals surface area contributed by atoms with Gasteiger partial charge in [0, 0.05) is 17.0 Å². The van der Waals surface area contributed by atoms with Crippen LogP contribution in [0.3, 0.4) is 0 Å². The molecule has 0 N–H and O–H groups in total. The third-order valence-corrected chi connectivity index (χ3v) is 4.79. The standard InChI is InChI=1S/C16H13FN2OS/c1-9-8-21-16(19-9)13(7-18)15(20)12-6-11(12)10-4-2-3-5-14(10)17/h2-5,8,11-13H,6H2,1H3. The van der Waals surface area contributed by atoms with Crippen LogP contribution < -0.4 is 0 Å². The smallest absolute Gasteiger partial charge is 0.160 e. The second kappa shape index (κ2) is 5.38. The summed E-state index contributed by atoms with van der Waals surface area (Å²) in [4.78, 5) is 16.7. The van der Waals surface area contributed by atoms with E-state index in [4.69, 9.17) is 0 Å². The highest BCUT2D eigenvalue weighted by Gasteiger charge is 2.48. The van der Waals surface area contributed by atoms with E-state index in [0.29, 0.717) is 17.0 Å². The van der Waals surface area contributed by atoms with Crippen molar-refractivity contribution < 1.29 is 9.18 Å². The molecule has 2 aromatic rings. The Hall–Kier alpha value is -2.06. The minimum atomic E-state index is -0.828. The number of thiazole rings is 1. The molecule has 0 aliphatic heterocycles. The molecule has 1 saturated carbocycles. The van der Waals surface area contributed by atoms with Gasteiger partial charge in [0.25, 0.3) is 0 Å². The molecule has 0 bridgehead atoms. The number of benzene rings is 1. The van der Waals surface area contributed by atoms with Crippen LogP contribution in [0.4, 0.5) is 4.39 Å². The fourth-order valence-electron chi connectivity index (χ4n) is 2.59. The van der Waals surface area contributed by atoms with E-state index in [1.165, 1.54) is 17.4 Å². The molecule has 0 radical (unpaired) electrons. The molecule has 5 heteroatoms. The van der Waals surface area contributed by atoms with Crippen LogP contribution in [-0.4, -0.2) is 10.8 Å². The number of ketones is 1. The fourth-order valence-corrected chi connectivity index (χ4v) is 3.43. The van der Waals surface area contributed by atoms with Crippen LogP contribution in [0.15, 0.2) is 29.6 Å². The largest absolute Gasteiger partial charge is 0.297 e. The Labute approximate surface area is 126 Å². The van der Waals surface area contributed by atoms with Crippen molar-refractivity contribution in [3.8, 4) is 6.07 Å². The van der Waals surface area contributed by atoms with Crippen molar-refractivity contribution in [2.24, 2.45) is 5.92 Å². The number of nitrogens with zero attached hydrogens (tertiary/aromatic N) is 2. The lowest BCUT2D eigenvalue weighted by molar-refractivity contribution is -0.120. The van der Waals surface area contributed by atoms with Crippen LogP contribution in [0.2, 0.25) is 0 Å². The zero-order valence-corrected chi connectivity index (χ0v) is 12.2. The fraction of sp³-hybridized carbons (Fsp3) is 0.312. The Morgan fingerprint density at radius 1 is 1.52 bits per heavy atom. The first-order valence-electron chi connectivity index (χ1n) is 6.71. The maximum absolute atomic E-state index is 13.7. The summed E-state index contributed by atoms with van der Waals surface area (Å²) in [5.41, 5.74) is 1.38. The number of nitriles is 1. The summed E-state index contributed by atoms with van der Waals surface area (Å²) < 4.78 is 13.7. The van der Waals surface area contributed by atoms with Gasteiger partial charge in [-0.1, -0.05) is 18.2 Å². The Morgan fingerprint density at radius 2 is 2.29 bits per heavy atom. The topological polar surface area (TPSA) is 53.8 Å². The van der Waals surface area contributed by atoms with Crippen LogP contribution in [-0.2, 0) is 4.79 Å². The van der Waals surface area contributed by atoms with E-state index in [9.17, 15) is 14.4 Å². The van der Waals surface area contributed by atoms with E-state index in [1.54, 1.807) is 18.2 Å². The molecule has 1 fully saturated rings. The van der Waals surface area contributed by atoms with Gasteiger partial charge >= 0.3 is 0 Å². The van der Waals surface area contributed by atoms with Crippen LogP contribution in [0.25, 0.3) is 0 Å². The monoisotopic (exact) mass is 300 g/mol. The van der Waals surface area contributed by atoms with Crippen LogP contribution in [0.5, 0.6) is 0 Å². The quantitative estimate of drug-likeness (QED) is 0.867. The van der Waals surface area contributed by atoms with Gasteiger partial charge in [-0.15, -0.1) is 11.3 Å². The highest BCUT2D eigenvalue weighted by molar-refractivity contribution is 7.09. The van der Waals surface area contributed by atoms with Gasteiger partial charge in [0.15, 0.2) is 11.7 Å². The van der Waals surface area contributed by atoms with Crippen molar-refractivity contribution in [1.82, 2.24) is 4.98 Å².